The molecule has 0 aliphatic heterocycles. The summed E-state index contributed by atoms with van der Waals surface area (Å²) in [6.07, 6.45) is 0. The van der Waals surface area contributed by atoms with E-state index in [1.807, 2.05) is 0 Å². The van der Waals surface area contributed by atoms with Crippen molar-refractivity contribution in [2.75, 3.05) is 0 Å². The van der Waals surface area contributed by atoms with Gasteiger partial charge in [0.15, 0.2) is 17.5 Å². The number of nitrogens with zero attached hydrogens (tertiary/aromatic N) is 4. The SMILES string of the molecule is c1ccc(-c2ccccc2-c2nc(-c3cc4ccc5cccc6c7cccc8ccc9cccc(c(c3)c4c56)c9c87)nc(-c3ccc4c(c3)c3ccccc3n4-c3ccccc3)n2)cc1. The molecule has 4 nitrogen and oxygen atoms in total. The summed E-state index contributed by atoms with van der Waals surface area (Å²) in [6.45, 7) is 0. The van der Waals surface area contributed by atoms with Gasteiger partial charge >= 0.3 is 0 Å². The predicted molar refractivity (Wildman–Crippen MR) is 272 cm³/mol. The molecule has 2 heterocycles. The quantitative estimate of drug-likeness (QED) is 0.162. The Morgan fingerprint density at radius 3 is 1.45 bits per heavy atom. The van der Waals surface area contributed by atoms with Crippen LogP contribution in [0.4, 0.5) is 0 Å². The third kappa shape index (κ3) is 5.41. The molecule has 0 unspecified atom stereocenters. The summed E-state index contributed by atoms with van der Waals surface area (Å²) in [5, 5.41) is 17.1. The summed E-state index contributed by atoms with van der Waals surface area (Å²) in [4.78, 5) is 16.3. The van der Waals surface area contributed by atoms with Crippen LogP contribution in [0.15, 0.2) is 218 Å². The van der Waals surface area contributed by atoms with Crippen LogP contribution in [-0.4, -0.2) is 19.5 Å². The Labute approximate surface area is 373 Å². The fourth-order valence-electron chi connectivity index (χ4n) is 10.7. The van der Waals surface area contributed by atoms with Crippen LogP contribution >= 0.6 is 0 Å². The summed E-state index contributed by atoms with van der Waals surface area (Å²) < 4.78 is 2.34. The molecule has 0 saturated heterocycles. The first-order valence-corrected chi connectivity index (χ1v) is 22.2. The topological polar surface area (TPSA) is 43.6 Å². The highest BCUT2D eigenvalue weighted by Crippen LogP contribution is 2.45. The highest BCUT2D eigenvalue weighted by atomic mass is 15.0. The van der Waals surface area contributed by atoms with Gasteiger partial charge in [-0.2, -0.15) is 0 Å². The van der Waals surface area contributed by atoms with E-state index in [0.29, 0.717) is 17.5 Å². The molecule has 0 bridgehead atoms. The van der Waals surface area contributed by atoms with Gasteiger partial charge in [-0.15, -0.1) is 0 Å². The zero-order valence-corrected chi connectivity index (χ0v) is 35.1. The average Bonchev–Trinajstić information content (AvgIpc) is 3.71. The second-order valence-electron chi connectivity index (χ2n) is 17.1. The van der Waals surface area contributed by atoms with Gasteiger partial charge in [-0.1, -0.05) is 170 Å². The minimum absolute atomic E-state index is 0.621. The van der Waals surface area contributed by atoms with Crippen molar-refractivity contribution in [3.05, 3.63) is 218 Å². The monoisotopic (exact) mass is 824 g/mol. The third-order valence-corrected chi connectivity index (χ3v) is 13.5. The van der Waals surface area contributed by atoms with Crippen molar-refractivity contribution in [3.63, 3.8) is 0 Å². The first kappa shape index (κ1) is 35.8. The summed E-state index contributed by atoms with van der Waals surface area (Å²) in [6, 6.07) is 78.7. The second kappa shape index (κ2) is 13.9. The molecule has 14 rings (SSSR count). The molecule has 0 atom stereocenters. The third-order valence-electron chi connectivity index (χ3n) is 13.5. The van der Waals surface area contributed by atoms with E-state index in [0.717, 1.165) is 55.3 Å². The van der Waals surface area contributed by atoms with Crippen LogP contribution in [0.1, 0.15) is 0 Å². The highest BCUT2D eigenvalue weighted by molar-refractivity contribution is 6.37. The summed E-state index contributed by atoms with van der Waals surface area (Å²) in [5.74, 6) is 1.87. The van der Waals surface area contributed by atoms with Gasteiger partial charge in [0.25, 0.3) is 0 Å². The molecule has 0 N–H and O–H groups in total. The van der Waals surface area contributed by atoms with Crippen LogP contribution in [0.25, 0.3) is 137 Å². The van der Waals surface area contributed by atoms with Crippen molar-refractivity contribution in [2.45, 2.75) is 0 Å². The van der Waals surface area contributed by atoms with Crippen molar-refractivity contribution < 1.29 is 0 Å². The van der Waals surface area contributed by atoms with Crippen LogP contribution in [0.2, 0.25) is 0 Å². The smallest absolute Gasteiger partial charge is 0.164 e. The Morgan fingerprint density at radius 2 is 0.754 bits per heavy atom. The number of para-hydroxylation sites is 2. The molecule has 0 fully saturated rings. The van der Waals surface area contributed by atoms with Gasteiger partial charge in [0.05, 0.1) is 11.0 Å². The molecule has 0 spiro atoms. The van der Waals surface area contributed by atoms with Crippen LogP contribution in [0.5, 0.6) is 0 Å². The average molecular weight is 825 g/mol. The predicted octanol–water partition coefficient (Wildman–Crippen LogP) is 16.0. The van der Waals surface area contributed by atoms with Gasteiger partial charge in [0.1, 0.15) is 0 Å². The van der Waals surface area contributed by atoms with E-state index in [-0.39, 0.29) is 0 Å². The molecule has 12 aromatic carbocycles. The van der Waals surface area contributed by atoms with Crippen molar-refractivity contribution in [1.82, 2.24) is 19.5 Å². The standard InChI is InChI=1S/C61H36N4/c1-3-14-37(15-4-1)45-21-7-8-23-50(45)61-63-59(42-32-33-54-51(35-42)46-22-9-10-27-53(46)65(54)44-19-5-2-6-20-44)62-60(64-61)43-34-41-31-30-40-17-12-25-48-47-24-11-16-38-28-29-39-18-13-26-49(57(39)55(38)47)52(36-43)58(41)56(40)48/h1-36H. The van der Waals surface area contributed by atoms with E-state index in [4.69, 9.17) is 15.0 Å². The molecule has 0 saturated carbocycles. The van der Waals surface area contributed by atoms with E-state index in [1.165, 1.54) is 64.6 Å². The number of aromatic nitrogens is 4. The van der Waals surface area contributed by atoms with Crippen molar-refractivity contribution >= 4 is 86.4 Å². The van der Waals surface area contributed by atoms with E-state index in [9.17, 15) is 0 Å². The lowest BCUT2D eigenvalue weighted by molar-refractivity contribution is 1.08. The van der Waals surface area contributed by atoms with Crippen molar-refractivity contribution in [3.8, 4) is 51.0 Å². The lowest BCUT2D eigenvalue weighted by atomic mass is 9.87. The molecule has 0 radical (unpaired) electrons. The number of rotatable bonds is 5. The van der Waals surface area contributed by atoms with Gasteiger partial charge in [-0.05, 0) is 124 Å². The first-order chi connectivity index (χ1) is 32.2. The highest BCUT2D eigenvalue weighted by Gasteiger charge is 2.21. The van der Waals surface area contributed by atoms with Crippen molar-refractivity contribution in [2.24, 2.45) is 0 Å². The van der Waals surface area contributed by atoms with Gasteiger partial charge in [-0.3, -0.25) is 0 Å². The zero-order valence-electron chi connectivity index (χ0n) is 35.1. The fraction of sp³-hybridized carbons (Fsp3) is 0. The van der Waals surface area contributed by atoms with Crippen molar-refractivity contribution in [1.29, 1.82) is 0 Å². The molecule has 65 heavy (non-hydrogen) atoms. The van der Waals surface area contributed by atoms with Gasteiger partial charge < -0.3 is 4.57 Å². The number of hydrogen-bond donors (Lipinski definition) is 0. The first-order valence-electron chi connectivity index (χ1n) is 22.2. The summed E-state index contributed by atoms with van der Waals surface area (Å²) in [7, 11) is 0. The van der Waals surface area contributed by atoms with Crippen LogP contribution in [-0.2, 0) is 0 Å². The Balaban J connectivity index is 1.08. The van der Waals surface area contributed by atoms with Gasteiger partial charge in [0, 0.05) is 33.2 Å². The maximum Gasteiger partial charge on any atom is 0.164 e. The Bertz CT molecular complexity index is 4220. The molecule has 14 aromatic rings. The molecular weight excluding hydrogens is 789 g/mol. The summed E-state index contributed by atoms with van der Waals surface area (Å²) in [5.41, 5.74) is 8.38. The van der Waals surface area contributed by atoms with Gasteiger partial charge in [-0.25, -0.2) is 15.0 Å². The minimum Gasteiger partial charge on any atom is -0.309 e. The van der Waals surface area contributed by atoms with E-state index in [1.54, 1.807) is 0 Å². The Kier molecular flexibility index (Phi) is 7.65. The van der Waals surface area contributed by atoms with E-state index in [2.05, 4.69) is 223 Å². The lowest BCUT2D eigenvalue weighted by Crippen LogP contribution is -2.01. The number of fused-ring (bicyclic) bond motifs is 5. The molecule has 0 aliphatic carbocycles. The number of hydrogen-bond acceptors (Lipinski definition) is 3. The largest absolute Gasteiger partial charge is 0.309 e. The fourth-order valence-corrected chi connectivity index (χ4v) is 10.7. The maximum atomic E-state index is 5.45. The molecule has 0 amide bonds. The minimum atomic E-state index is 0.621. The lowest BCUT2D eigenvalue weighted by Gasteiger charge is -2.17. The normalized spacial score (nSPS) is 12.0. The second-order valence-corrected chi connectivity index (χ2v) is 17.1. The Hall–Kier alpha value is -8.73. The Morgan fingerprint density at radius 1 is 0.262 bits per heavy atom. The molecule has 4 heteroatoms. The molecular formula is C61H36N4. The number of benzene rings is 11. The van der Waals surface area contributed by atoms with Crippen LogP contribution < -0.4 is 0 Å². The molecule has 2 aromatic heterocycles. The van der Waals surface area contributed by atoms with E-state index < -0.39 is 0 Å². The maximum absolute atomic E-state index is 5.45. The summed E-state index contributed by atoms with van der Waals surface area (Å²) >= 11 is 0. The van der Waals surface area contributed by atoms with Crippen LogP contribution in [0.3, 0.4) is 0 Å². The van der Waals surface area contributed by atoms with E-state index >= 15 is 0 Å². The molecule has 300 valence electrons. The van der Waals surface area contributed by atoms with Crippen LogP contribution in [0, 0.1) is 0 Å². The van der Waals surface area contributed by atoms with Gasteiger partial charge in [0.2, 0.25) is 0 Å². The molecule has 0 aliphatic rings. The zero-order chi connectivity index (χ0) is 42.6.